The van der Waals surface area contributed by atoms with E-state index in [1.807, 2.05) is 24.3 Å². The Morgan fingerprint density at radius 3 is 2.41 bits per heavy atom. The van der Waals surface area contributed by atoms with Crippen LogP contribution in [0.15, 0.2) is 66.7 Å². The summed E-state index contributed by atoms with van der Waals surface area (Å²) in [5.41, 5.74) is 4.01. The molecule has 0 bridgehead atoms. The molecule has 0 aliphatic carbocycles. The number of carbonyl (C=O) groups is 4. The van der Waals surface area contributed by atoms with Crippen molar-refractivity contribution >= 4 is 40.3 Å². The first-order chi connectivity index (χ1) is 19.9. The summed E-state index contributed by atoms with van der Waals surface area (Å²) in [6.45, 7) is 0.838. The maximum atomic E-state index is 13.5. The number of hydrogen-bond donors (Lipinski definition) is 3. The van der Waals surface area contributed by atoms with Gasteiger partial charge in [-0.15, -0.1) is 0 Å². The third-order valence-electron chi connectivity index (χ3n) is 7.93. The van der Waals surface area contributed by atoms with Gasteiger partial charge in [-0.1, -0.05) is 36.4 Å². The maximum Gasteiger partial charge on any atom is 0.356 e. The number of rotatable bonds is 7. The number of methoxy groups -OCH3 is 2. The van der Waals surface area contributed by atoms with Crippen LogP contribution in [0, 0.1) is 0 Å². The fraction of sp³-hybridized carbons (Fsp3) is 0.226. The second-order valence-corrected chi connectivity index (χ2v) is 10.2. The molecular formula is C31H29N4O6+. The van der Waals surface area contributed by atoms with Crippen LogP contribution in [0.3, 0.4) is 0 Å². The number of nitrogens with zero attached hydrogens (tertiary/aromatic N) is 1. The van der Waals surface area contributed by atoms with Crippen LogP contribution in [0.5, 0.6) is 5.75 Å². The van der Waals surface area contributed by atoms with E-state index in [2.05, 4.69) is 10.3 Å². The summed E-state index contributed by atoms with van der Waals surface area (Å²) < 4.78 is 10.2. The van der Waals surface area contributed by atoms with Crippen LogP contribution in [-0.4, -0.2) is 67.4 Å². The Labute approximate surface area is 235 Å². The Morgan fingerprint density at radius 2 is 1.71 bits per heavy atom. The zero-order valence-corrected chi connectivity index (χ0v) is 22.7. The predicted octanol–water partition coefficient (Wildman–Crippen LogP) is 2.38. The molecule has 0 saturated heterocycles. The first-order valence-corrected chi connectivity index (χ1v) is 13.3. The molecule has 3 aromatic carbocycles. The number of ether oxygens (including phenoxy) is 2. The molecule has 0 radical (unpaired) electrons. The molecule has 10 nitrogen and oxygen atoms in total. The van der Waals surface area contributed by atoms with E-state index in [0.717, 1.165) is 22.4 Å². The molecule has 208 valence electrons. The number of amides is 3. The van der Waals surface area contributed by atoms with Crippen LogP contribution in [-0.2, 0) is 16.0 Å². The molecule has 1 aromatic heterocycles. The fourth-order valence-corrected chi connectivity index (χ4v) is 5.90. The number of esters is 1. The van der Waals surface area contributed by atoms with E-state index in [1.54, 1.807) is 49.6 Å². The van der Waals surface area contributed by atoms with Gasteiger partial charge in [0.15, 0.2) is 6.54 Å². The van der Waals surface area contributed by atoms with Crippen molar-refractivity contribution < 1.29 is 33.6 Å². The quantitative estimate of drug-likeness (QED) is 0.239. The number of imide groups is 1. The molecule has 10 heteroatoms. The lowest BCUT2D eigenvalue weighted by atomic mass is 9.92. The van der Waals surface area contributed by atoms with Gasteiger partial charge < -0.3 is 24.7 Å². The zero-order valence-electron chi connectivity index (χ0n) is 22.7. The number of fused-ring (bicyclic) bond motifs is 3. The van der Waals surface area contributed by atoms with Crippen LogP contribution in [0.25, 0.3) is 10.9 Å². The zero-order chi connectivity index (χ0) is 28.7. The maximum absolute atomic E-state index is 13.5. The van der Waals surface area contributed by atoms with Gasteiger partial charge >= 0.3 is 5.97 Å². The van der Waals surface area contributed by atoms with E-state index in [-0.39, 0.29) is 42.5 Å². The lowest BCUT2D eigenvalue weighted by Gasteiger charge is -2.35. The standard InChI is InChI=1S/C31H28N4O6/c1-40-19-11-12-23-24(15-19)32-28(31(39)41-2)27(23)33-26(36)17-34-14-13-18-7-3-4-8-20(18)25(34)16-35-29(37)21-9-5-6-10-22(21)30(35)38/h3-12,15,25,32H,13-14,16-17H2,1-2H3,(H,33,36)/p+1/t25-/m1/s1. The van der Waals surface area contributed by atoms with Gasteiger partial charge in [0.2, 0.25) is 0 Å². The van der Waals surface area contributed by atoms with Crippen molar-refractivity contribution in [1.82, 2.24) is 9.88 Å². The molecule has 6 rings (SSSR count). The summed E-state index contributed by atoms with van der Waals surface area (Å²) in [4.78, 5) is 57.7. The Hall–Kier alpha value is -4.96. The molecule has 3 N–H and O–H groups in total. The van der Waals surface area contributed by atoms with Gasteiger partial charge in [0, 0.05) is 23.4 Å². The Morgan fingerprint density at radius 1 is 1.00 bits per heavy atom. The number of quaternary nitrogens is 1. The highest BCUT2D eigenvalue weighted by Crippen LogP contribution is 2.31. The van der Waals surface area contributed by atoms with E-state index >= 15 is 0 Å². The minimum atomic E-state index is -0.613. The van der Waals surface area contributed by atoms with Crippen LogP contribution in [0.1, 0.15) is 48.4 Å². The molecule has 2 aliphatic rings. The molecule has 1 unspecified atom stereocenters. The number of anilines is 1. The SMILES string of the molecule is COC(=O)c1[nH]c2cc(OC)ccc2c1NC(=O)C[NH+]1CCc2ccccc2[C@H]1CN1C(=O)c2ccccc2C1=O. The van der Waals surface area contributed by atoms with Gasteiger partial charge in [-0.25, -0.2) is 4.79 Å². The Balaban J connectivity index is 1.28. The predicted molar refractivity (Wildman–Crippen MR) is 150 cm³/mol. The van der Waals surface area contributed by atoms with Crippen LogP contribution in [0.2, 0.25) is 0 Å². The lowest BCUT2D eigenvalue weighted by Crippen LogP contribution is -3.15. The molecule has 41 heavy (non-hydrogen) atoms. The van der Waals surface area contributed by atoms with Crippen molar-refractivity contribution in [2.24, 2.45) is 0 Å². The number of benzene rings is 3. The topological polar surface area (TPSA) is 122 Å². The molecule has 3 heterocycles. The third kappa shape index (κ3) is 4.62. The largest absolute Gasteiger partial charge is 0.497 e. The van der Waals surface area contributed by atoms with E-state index in [1.165, 1.54) is 12.0 Å². The second kappa shape index (κ2) is 10.5. The number of hydrogen-bond acceptors (Lipinski definition) is 6. The number of nitrogens with one attached hydrogen (secondary N) is 3. The van der Waals surface area contributed by atoms with Crippen molar-refractivity contribution in [2.75, 3.05) is 39.2 Å². The minimum absolute atomic E-state index is 0.0611. The molecule has 0 fully saturated rings. The molecular weight excluding hydrogens is 524 g/mol. The number of aromatic amines is 1. The van der Waals surface area contributed by atoms with Crippen LogP contribution in [0.4, 0.5) is 5.69 Å². The van der Waals surface area contributed by atoms with Crippen LogP contribution >= 0.6 is 0 Å². The lowest BCUT2D eigenvalue weighted by molar-refractivity contribution is -0.925. The molecule has 3 amide bonds. The van der Waals surface area contributed by atoms with Crippen molar-refractivity contribution in [3.05, 3.63) is 94.7 Å². The van der Waals surface area contributed by atoms with Gasteiger partial charge in [-0.3, -0.25) is 19.3 Å². The molecule has 0 saturated carbocycles. The van der Waals surface area contributed by atoms with E-state index in [0.29, 0.717) is 40.0 Å². The van der Waals surface area contributed by atoms with Crippen molar-refractivity contribution in [3.63, 3.8) is 0 Å². The Kier molecular flexibility index (Phi) is 6.76. The Bertz CT molecular complexity index is 1680. The average Bonchev–Trinajstić information content (AvgIpc) is 3.47. The highest BCUT2D eigenvalue weighted by molar-refractivity contribution is 6.21. The summed E-state index contributed by atoms with van der Waals surface area (Å²) in [7, 11) is 2.82. The monoisotopic (exact) mass is 553 g/mol. The van der Waals surface area contributed by atoms with Crippen molar-refractivity contribution in [1.29, 1.82) is 0 Å². The van der Waals surface area contributed by atoms with Crippen molar-refractivity contribution in [2.45, 2.75) is 12.5 Å². The third-order valence-corrected chi connectivity index (χ3v) is 7.93. The molecule has 0 spiro atoms. The first kappa shape index (κ1) is 26.3. The number of carbonyl (C=O) groups excluding carboxylic acids is 4. The average molecular weight is 554 g/mol. The van der Waals surface area contributed by atoms with Gasteiger partial charge in [0.25, 0.3) is 17.7 Å². The summed E-state index contributed by atoms with van der Waals surface area (Å²) in [6.07, 6.45) is 0.748. The second-order valence-electron chi connectivity index (χ2n) is 10.2. The molecule has 2 atom stereocenters. The minimum Gasteiger partial charge on any atom is -0.497 e. The molecule has 4 aromatic rings. The summed E-state index contributed by atoms with van der Waals surface area (Å²) in [5, 5.41) is 3.56. The summed E-state index contributed by atoms with van der Waals surface area (Å²) >= 11 is 0. The van der Waals surface area contributed by atoms with E-state index in [9.17, 15) is 19.2 Å². The highest BCUT2D eigenvalue weighted by Gasteiger charge is 2.41. The van der Waals surface area contributed by atoms with Gasteiger partial charge in [0.1, 0.15) is 17.5 Å². The smallest absolute Gasteiger partial charge is 0.356 e. The number of H-pyrrole nitrogens is 1. The van der Waals surface area contributed by atoms with Gasteiger partial charge in [-0.2, -0.15) is 0 Å². The highest BCUT2D eigenvalue weighted by atomic mass is 16.5. The van der Waals surface area contributed by atoms with E-state index < -0.39 is 5.97 Å². The fourth-order valence-electron chi connectivity index (χ4n) is 5.90. The summed E-state index contributed by atoms with van der Waals surface area (Å²) in [5.74, 6) is -0.976. The van der Waals surface area contributed by atoms with Gasteiger partial charge in [-0.05, 0) is 29.8 Å². The first-order valence-electron chi connectivity index (χ1n) is 13.3. The van der Waals surface area contributed by atoms with Gasteiger partial charge in [0.05, 0.1) is 49.6 Å². The molecule has 2 aliphatic heterocycles. The van der Waals surface area contributed by atoms with Crippen LogP contribution < -0.4 is 15.0 Å². The number of aromatic nitrogens is 1. The summed E-state index contributed by atoms with van der Waals surface area (Å²) in [6, 6.07) is 19.7. The normalized spacial score (nSPS) is 17.8. The van der Waals surface area contributed by atoms with Crippen molar-refractivity contribution in [3.8, 4) is 5.75 Å². The van der Waals surface area contributed by atoms with E-state index in [4.69, 9.17) is 9.47 Å².